The molecule has 2 rings (SSSR count). The number of rotatable bonds is 4. The lowest BCUT2D eigenvalue weighted by atomic mass is 10.2. The van der Waals surface area contributed by atoms with Gasteiger partial charge in [-0.1, -0.05) is 29.7 Å². The number of hydrogen-bond donors (Lipinski definition) is 0. The van der Waals surface area contributed by atoms with Gasteiger partial charge in [0.05, 0.1) is 25.2 Å². The lowest BCUT2D eigenvalue weighted by Crippen LogP contribution is -2.07. The van der Waals surface area contributed by atoms with Crippen LogP contribution in [0.15, 0.2) is 47.2 Å². The molecule has 0 bridgehead atoms. The van der Waals surface area contributed by atoms with Crippen LogP contribution in [0.4, 0.5) is 0 Å². The molecule has 0 saturated carbocycles. The van der Waals surface area contributed by atoms with Crippen molar-refractivity contribution in [1.29, 1.82) is 0 Å². The number of carbonyl (C=O) groups is 1. The standard InChI is InChI=1S/C14H12ClNO2S/c1-18-14(17)11-7-8-13(15)16-12(11)9-19-10-5-3-2-4-6-10/h2-8H,9H2,1H3/i2D,3D,4D,5D,6D. The van der Waals surface area contributed by atoms with E-state index in [0.717, 1.165) is 11.8 Å². The van der Waals surface area contributed by atoms with Crippen molar-refractivity contribution in [1.82, 2.24) is 4.98 Å². The van der Waals surface area contributed by atoms with Gasteiger partial charge in [0.1, 0.15) is 5.15 Å². The van der Waals surface area contributed by atoms with Gasteiger partial charge in [0, 0.05) is 10.6 Å². The second kappa shape index (κ2) is 6.59. The molecular formula is C14H12ClNO2S. The highest BCUT2D eigenvalue weighted by atomic mass is 35.5. The average molecular weight is 299 g/mol. The highest BCUT2D eigenvalue weighted by molar-refractivity contribution is 7.98. The molecule has 1 aromatic heterocycles. The van der Waals surface area contributed by atoms with Crippen molar-refractivity contribution in [2.24, 2.45) is 0 Å². The third kappa shape index (κ3) is 3.72. The van der Waals surface area contributed by atoms with Gasteiger partial charge in [0.15, 0.2) is 0 Å². The molecule has 2 aromatic rings. The van der Waals surface area contributed by atoms with E-state index in [1.807, 2.05) is 0 Å². The van der Waals surface area contributed by atoms with Crippen LogP contribution < -0.4 is 0 Å². The van der Waals surface area contributed by atoms with E-state index < -0.39 is 24.1 Å². The zero-order valence-electron chi connectivity index (χ0n) is 14.9. The Bertz CT molecular complexity index is 789. The number of hydrogen-bond acceptors (Lipinski definition) is 4. The number of carbonyl (C=O) groups excluding carboxylic acids is 1. The fourth-order valence-electron chi connectivity index (χ4n) is 1.33. The molecular weight excluding hydrogens is 282 g/mol. The van der Waals surface area contributed by atoms with E-state index in [1.54, 1.807) is 0 Å². The first-order chi connectivity index (χ1) is 11.3. The molecule has 1 aromatic carbocycles. The number of benzene rings is 1. The molecule has 98 valence electrons. The first kappa shape index (κ1) is 8.61. The number of halogens is 1. The molecule has 0 aliphatic rings. The lowest BCUT2D eigenvalue weighted by molar-refractivity contribution is 0.0599. The Labute approximate surface area is 128 Å². The van der Waals surface area contributed by atoms with Crippen LogP contribution in [0.5, 0.6) is 0 Å². The maximum atomic E-state index is 11.8. The van der Waals surface area contributed by atoms with E-state index in [2.05, 4.69) is 9.72 Å². The second-order valence-electron chi connectivity index (χ2n) is 3.36. The van der Waals surface area contributed by atoms with Crippen molar-refractivity contribution in [3.8, 4) is 0 Å². The number of ether oxygens (including phenoxy) is 1. The summed E-state index contributed by atoms with van der Waals surface area (Å²) in [6, 6.07) is 1.05. The molecule has 0 aliphatic carbocycles. The van der Waals surface area contributed by atoms with Crippen molar-refractivity contribution >= 4 is 29.3 Å². The summed E-state index contributed by atoms with van der Waals surface area (Å²) in [5.41, 5.74) is 0.521. The first-order valence-electron chi connectivity index (χ1n) is 7.71. The normalized spacial score (nSPS) is 13.9. The van der Waals surface area contributed by atoms with E-state index in [1.165, 1.54) is 19.2 Å². The van der Waals surface area contributed by atoms with Gasteiger partial charge in [0.2, 0.25) is 0 Å². The summed E-state index contributed by atoms with van der Waals surface area (Å²) in [5.74, 6) is -0.491. The van der Waals surface area contributed by atoms with Crippen LogP contribution in [0.2, 0.25) is 5.15 Å². The van der Waals surface area contributed by atoms with E-state index in [9.17, 15) is 4.79 Å². The molecule has 1 heterocycles. The maximum absolute atomic E-state index is 11.8. The Kier molecular flexibility index (Phi) is 2.99. The van der Waals surface area contributed by atoms with Gasteiger partial charge in [-0.25, -0.2) is 9.78 Å². The molecule has 3 nitrogen and oxygen atoms in total. The summed E-state index contributed by atoms with van der Waals surface area (Å²) in [5, 5.41) is 0.180. The third-order valence-corrected chi connectivity index (χ3v) is 3.30. The van der Waals surface area contributed by atoms with Crippen LogP contribution in [-0.4, -0.2) is 18.1 Å². The summed E-state index contributed by atoms with van der Waals surface area (Å²) in [6.45, 7) is 0. The summed E-state index contributed by atoms with van der Waals surface area (Å²) in [4.78, 5) is 15.9. The first-order valence-corrected chi connectivity index (χ1v) is 6.57. The van der Waals surface area contributed by atoms with Crippen LogP contribution >= 0.6 is 23.4 Å². The predicted octanol–water partition coefficient (Wildman–Crippen LogP) is 3.81. The molecule has 0 fully saturated rings. The van der Waals surface area contributed by atoms with Gasteiger partial charge in [-0.15, -0.1) is 11.8 Å². The van der Waals surface area contributed by atoms with Crippen molar-refractivity contribution in [2.75, 3.05) is 7.11 Å². The minimum absolute atomic E-state index is 0.0820. The van der Waals surface area contributed by atoms with Gasteiger partial charge in [-0.05, 0) is 24.2 Å². The number of esters is 1. The number of methoxy groups -OCH3 is 1. The Morgan fingerprint density at radius 3 is 2.84 bits per heavy atom. The zero-order valence-corrected chi connectivity index (χ0v) is 11.5. The minimum Gasteiger partial charge on any atom is -0.465 e. The average Bonchev–Trinajstić information content (AvgIpc) is 2.57. The number of nitrogens with zero attached hydrogens (tertiary/aromatic N) is 1. The Balaban J connectivity index is 2.39. The molecule has 0 aliphatic heterocycles. The van der Waals surface area contributed by atoms with E-state index >= 15 is 0 Å². The summed E-state index contributed by atoms with van der Waals surface area (Å²) in [7, 11) is 1.24. The zero-order chi connectivity index (χ0) is 18.0. The van der Waals surface area contributed by atoms with Crippen LogP contribution in [0.25, 0.3) is 0 Å². The fraction of sp³-hybridized carbons (Fsp3) is 0.143. The molecule has 0 spiro atoms. The van der Waals surface area contributed by atoms with Crippen LogP contribution in [0.1, 0.15) is 22.9 Å². The van der Waals surface area contributed by atoms with Crippen LogP contribution in [0, 0.1) is 0 Å². The molecule has 5 heteroatoms. The molecule has 0 unspecified atom stereocenters. The fourth-order valence-corrected chi connectivity index (χ4v) is 2.24. The SMILES string of the molecule is [2H]c1c([2H])c([2H])c(SCc2nc(Cl)ccc2C(=O)OC)c([2H])c1[2H]. The minimum atomic E-state index is -0.587. The van der Waals surface area contributed by atoms with Crippen molar-refractivity contribution in [3.63, 3.8) is 0 Å². The third-order valence-electron chi connectivity index (χ3n) is 2.18. The van der Waals surface area contributed by atoms with Crippen LogP contribution in [0.3, 0.4) is 0 Å². The van der Waals surface area contributed by atoms with Crippen LogP contribution in [-0.2, 0) is 10.5 Å². The Hall–Kier alpha value is -1.52. The van der Waals surface area contributed by atoms with Crippen molar-refractivity contribution in [2.45, 2.75) is 10.6 Å². The number of pyridine rings is 1. The number of thioether (sulfide) groups is 1. The highest BCUT2D eigenvalue weighted by Gasteiger charge is 2.13. The monoisotopic (exact) mass is 298 g/mol. The Morgan fingerprint density at radius 1 is 1.42 bits per heavy atom. The molecule has 0 amide bonds. The van der Waals surface area contributed by atoms with Gasteiger partial charge >= 0.3 is 5.97 Å². The molecule has 19 heavy (non-hydrogen) atoms. The maximum Gasteiger partial charge on any atom is 0.339 e. The van der Waals surface area contributed by atoms with E-state index in [0.29, 0.717) is 5.69 Å². The lowest BCUT2D eigenvalue weighted by Gasteiger charge is -2.07. The molecule has 0 N–H and O–H groups in total. The molecule has 0 saturated heterocycles. The van der Waals surface area contributed by atoms with Gasteiger partial charge in [-0.3, -0.25) is 0 Å². The summed E-state index contributed by atoms with van der Waals surface area (Å²) in [6.07, 6.45) is 0. The van der Waals surface area contributed by atoms with E-state index in [-0.39, 0.29) is 33.4 Å². The van der Waals surface area contributed by atoms with Gasteiger partial charge < -0.3 is 4.74 Å². The van der Waals surface area contributed by atoms with Crippen molar-refractivity contribution < 1.29 is 16.4 Å². The second-order valence-corrected chi connectivity index (χ2v) is 4.74. The summed E-state index contributed by atoms with van der Waals surface area (Å²) < 4.78 is 43.4. The predicted molar refractivity (Wildman–Crippen MR) is 76.6 cm³/mol. The number of aromatic nitrogens is 1. The molecule has 0 atom stereocenters. The van der Waals surface area contributed by atoms with E-state index in [4.69, 9.17) is 18.5 Å². The topological polar surface area (TPSA) is 39.2 Å². The molecule has 0 radical (unpaired) electrons. The highest BCUT2D eigenvalue weighted by Crippen LogP contribution is 2.24. The van der Waals surface area contributed by atoms with Gasteiger partial charge in [0.25, 0.3) is 0 Å². The summed E-state index contributed by atoms with van der Waals surface area (Å²) >= 11 is 6.84. The van der Waals surface area contributed by atoms with Gasteiger partial charge in [-0.2, -0.15) is 0 Å². The Morgan fingerprint density at radius 2 is 2.16 bits per heavy atom. The quantitative estimate of drug-likeness (QED) is 0.489. The smallest absolute Gasteiger partial charge is 0.339 e. The largest absolute Gasteiger partial charge is 0.465 e. The van der Waals surface area contributed by atoms with Crippen molar-refractivity contribution in [3.05, 3.63) is 58.8 Å².